The zero-order valence-electron chi connectivity index (χ0n) is 33.2. The van der Waals surface area contributed by atoms with E-state index in [-0.39, 0.29) is 28.0 Å². The molecular weight excluding hydrogens is 941 g/mol. The van der Waals surface area contributed by atoms with Gasteiger partial charge in [-0.15, -0.1) is 30.3 Å². The number of hydrogen-bond donors (Lipinski definition) is 0. The van der Waals surface area contributed by atoms with Crippen molar-refractivity contribution in [3.63, 3.8) is 0 Å². The van der Waals surface area contributed by atoms with Crippen molar-refractivity contribution >= 4 is 46.4 Å². The van der Waals surface area contributed by atoms with Crippen molar-refractivity contribution in [3.05, 3.63) is 225 Å². The predicted molar refractivity (Wildman–Crippen MR) is 244 cm³/mol. The second-order valence-corrected chi connectivity index (χ2v) is 15.2. The summed E-state index contributed by atoms with van der Waals surface area (Å²) in [6.07, 6.45) is 5.62. The average Bonchev–Trinajstić information content (AvgIpc) is 3.89. The smallest absolute Gasteiger partial charge is 0.409 e. The first-order valence-corrected chi connectivity index (χ1v) is 20.4. The van der Waals surface area contributed by atoms with Gasteiger partial charge in [0.15, 0.2) is 0 Å². The molecule has 6 nitrogen and oxygen atoms in total. The summed E-state index contributed by atoms with van der Waals surface area (Å²) in [7, 11) is 0. The van der Waals surface area contributed by atoms with Crippen molar-refractivity contribution in [2.24, 2.45) is 0 Å². The maximum Gasteiger partial charge on any atom is 0.409 e. The summed E-state index contributed by atoms with van der Waals surface area (Å²) >= 11 is 0. The Hall–Kier alpha value is -7.47. The molecule has 2 aliphatic rings. The number of imidazole rings is 1. The second-order valence-electron chi connectivity index (χ2n) is 15.2. The molecule has 0 fully saturated rings. The molecule has 0 saturated heterocycles. The third-order valence-corrected chi connectivity index (χ3v) is 11.7. The first kappa shape index (κ1) is 37.5. The fraction of sp³-hybridized carbons (Fsp3) is 0. The number of pyridine rings is 1. The normalized spacial score (nSPS) is 12.3. The number of benzene rings is 8. The van der Waals surface area contributed by atoms with Crippen LogP contribution in [0, 0.1) is 18.5 Å². The third-order valence-electron chi connectivity index (χ3n) is 11.7. The molecule has 10 aromatic rings. The molecule has 0 spiro atoms. The summed E-state index contributed by atoms with van der Waals surface area (Å²) in [5.41, 5.74) is 14.8. The third kappa shape index (κ3) is 6.16. The summed E-state index contributed by atoms with van der Waals surface area (Å²) in [5.74, 6) is 2.04. The average molecular weight is 975 g/mol. The summed E-state index contributed by atoms with van der Waals surface area (Å²) in [6.45, 7) is -0.156. The largest absolute Gasteiger partial charge is 0.510 e. The van der Waals surface area contributed by atoms with Gasteiger partial charge >= 0.3 is 6.98 Å². The van der Waals surface area contributed by atoms with Crippen molar-refractivity contribution in [2.45, 2.75) is 0 Å². The van der Waals surface area contributed by atoms with E-state index in [2.05, 4.69) is 207 Å². The van der Waals surface area contributed by atoms with Gasteiger partial charge in [-0.05, 0) is 63.2 Å². The minimum Gasteiger partial charge on any atom is -0.510 e. The molecule has 296 valence electrons. The van der Waals surface area contributed by atoms with Crippen LogP contribution in [0.1, 0.15) is 0 Å². The van der Waals surface area contributed by atoms with Gasteiger partial charge in [0.25, 0.3) is 6.33 Å². The maximum absolute atomic E-state index is 6.69. The fourth-order valence-electron chi connectivity index (χ4n) is 9.03. The van der Waals surface area contributed by atoms with Crippen molar-refractivity contribution < 1.29 is 30.4 Å². The van der Waals surface area contributed by atoms with Crippen molar-refractivity contribution in [1.29, 1.82) is 0 Å². The molecule has 0 aliphatic carbocycles. The zero-order valence-corrected chi connectivity index (χ0v) is 35.4. The van der Waals surface area contributed by atoms with E-state index in [1.54, 1.807) is 0 Å². The van der Waals surface area contributed by atoms with E-state index in [4.69, 9.17) is 9.72 Å². The molecule has 0 unspecified atom stereocenters. The van der Waals surface area contributed by atoms with E-state index in [0.717, 1.165) is 73.1 Å². The second kappa shape index (κ2) is 15.5. The van der Waals surface area contributed by atoms with Gasteiger partial charge in [-0.2, -0.15) is 12.1 Å². The summed E-state index contributed by atoms with van der Waals surface area (Å²) in [4.78, 5) is 9.64. The molecule has 62 heavy (non-hydrogen) atoms. The molecule has 4 heterocycles. The van der Waals surface area contributed by atoms with Crippen LogP contribution in [0.4, 0.5) is 22.9 Å². The van der Waals surface area contributed by atoms with E-state index in [1.165, 1.54) is 11.0 Å². The van der Waals surface area contributed by atoms with Crippen molar-refractivity contribution in [3.8, 4) is 56.3 Å². The predicted octanol–water partition coefficient (Wildman–Crippen LogP) is 11.5. The van der Waals surface area contributed by atoms with Crippen LogP contribution >= 0.6 is 0 Å². The molecule has 0 bridgehead atoms. The van der Waals surface area contributed by atoms with Crippen molar-refractivity contribution in [1.82, 2.24) is 9.55 Å². The SMILES string of the molecule is [Pt].[c-]1c(Oc2[c-]c3c(cc2)N(c2ccccc2)B2c4ccccc4-c4cccnc4N23)cccc1-n1[c-][n+](-c2c(-c3ccccc3)cccc2-c2ccccc2)c2ccccc21. The monoisotopic (exact) mass is 974 g/mol. The molecule has 0 atom stereocenters. The topological polar surface area (TPSA) is 37.4 Å². The van der Waals surface area contributed by atoms with Gasteiger partial charge < -0.3 is 18.9 Å². The van der Waals surface area contributed by atoms with Crippen LogP contribution in [0.5, 0.6) is 11.5 Å². The Labute approximate surface area is 375 Å². The van der Waals surface area contributed by atoms with E-state index in [9.17, 15) is 0 Å². The summed E-state index contributed by atoms with van der Waals surface area (Å²) in [6, 6.07) is 76.8. The number of aromatic nitrogens is 3. The number of hydrogen-bond acceptors (Lipinski definition) is 4. The van der Waals surface area contributed by atoms with Crippen molar-refractivity contribution in [2.75, 3.05) is 9.62 Å². The van der Waals surface area contributed by atoms with Crippen LogP contribution in [-0.2, 0) is 21.1 Å². The van der Waals surface area contributed by atoms with Crippen LogP contribution in [0.2, 0.25) is 0 Å². The Morgan fingerprint density at radius 3 is 1.92 bits per heavy atom. The van der Waals surface area contributed by atoms with Gasteiger partial charge in [0.1, 0.15) is 5.82 Å². The maximum atomic E-state index is 6.69. The van der Waals surface area contributed by atoms with Crippen LogP contribution in [0.3, 0.4) is 0 Å². The van der Waals surface area contributed by atoms with Gasteiger partial charge in [-0.3, -0.25) is 4.57 Å². The van der Waals surface area contributed by atoms with Crippen LogP contribution in [-0.4, -0.2) is 16.5 Å². The first-order valence-electron chi connectivity index (χ1n) is 20.4. The Morgan fingerprint density at radius 1 is 0.516 bits per heavy atom. The molecule has 12 rings (SSSR count). The fourth-order valence-corrected chi connectivity index (χ4v) is 9.03. The van der Waals surface area contributed by atoms with Crippen LogP contribution in [0.25, 0.3) is 55.8 Å². The summed E-state index contributed by atoms with van der Waals surface area (Å²) < 4.78 is 10.9. The quantitative estimate of drug-likeness (QED) is 0.0906. The molecule has 0 saturated carbocycles. The number of nitrogens with zero attached hydrogens (tertiary/aromatic N) is 5. The molecular formula is C54H34BN5OPt-2. The van der Waals surface area contributed by atoms with Gasteiger partial charge in [-0.1, -0.05) is 157 Å². The molecule has 2 aromatic heterocycles. The number of para-hydroxylation sites is 4. The van der Waals surface area contributed by atoms with Gasteiger partial charge in [-0.25, -0.2) is 4.98 Å². The van der Waals surface area contributed by atoms with E-state index in [1.807, 2.05) is 36.5 Å². The van der Waals surface area contributed by atoms with E-state index in [0.29, 0.717) is 11.5 Å². The van der Waals surface area contributed by atoms with Gasteiger partial charge in [0.05, 0.1) is 16.7 Å². The minimum absolute atomic E-state index is 0. The molecule has 0 amide bonds. The molecule has 0 N–H and O–H groups in total. The van der Waals surface area contributed by atoms with E-state index >= 15 is 0 Å². The molecule has 0 radical (unpaired) electrons. The summed E-state index contributed by atoms with van der Waals surface area (Å²) in [5, 5.41) is 0. The van der Waals surface area contributed by atoms with Gasteiger partial charge in [0, 0.05) is 50.0 Å². The first-order chi connectivity index (χ1) is 30.3. The number of ether oxygens (including phenoxy) is 1. The van der Waals surface area contributed by atoms with Gasteiger partial charge in [0.2, 0.25) is 0 Å². The number of fused-ring (bicyclic) bond motifs is 9. The Morgan fingerprint density at radius 2 is 1.15 bits per heavy atom. The Balaban J connectivity index is 0.00000432. The minimum atomic E-state index is -0.156. The van der Waals surface area contributed by atoms with E-state index < -0.39 is 0 Å². The molecule has 2 aliphatic heterocycles. The zero-order chi connectivity index (χ0) is 40.3. The Bertz CT molecular complexity index is 3210. The van der Waals surface area contributed by atoms with Crippen LogP contribution in [0.15, 0.2) is 206 Å². The Kier molecular flexibility index (Phi) is 9.40. The standard InChI is InChI=1S/C54H34BN5O.Pt/c1-4-17-38(18-5-1)44-26-15-27-45(39-19-6-2-7-20-39)53(44)58-37-57(49-30-12-13-31-50(49)58)41-23-14-24-42(35-41)61-43-32-33-51-52(36-43)60-54-47(28-16-34-56-54)46-25-10-11-29-48(46)55(60)59(51)40-21-8-3-9-22-40;/h1-34H;/q-2;. The molecule has 8 aromatic carbocycles. The number of rotatable bonds is 7. The number of anilines is 4. The molecule has 8 heteroatoms. The van der Waals surface area contributed by atoms with Crippen LogP contribution < -0.4 is 24.4 Å².